The maximum absolute atomic E-state index is 13.2. The number of likely N-dealkylation sites (N-methyl/N-ethyl adjacent to an activating group) is 3. The molecule has 372 valence electrons. The second-order valence-corrected chi connectivity index (χ2v) is 17.1. The molecule has 1 aromatic carbocycles. The van der Waals surface area contributed by atoms with Crippen LogP contribution in [0.4, 0.5) is 5.69 Å². The zero-order chi connectivity index (χ0) is 48.9. The van der Waals surface area contributed by atoms with Crippen LogP contribution in [-0.4, -0.2) is 148 Å². The number of hydrogen-bond donors (Lipinski definition) is 4. The molecule has 0 unspecified atom stereocenters. The topological polar surface area (TPSA) is 214 Å². The Hall–Kier alpha value is -4.68. The van der Waals surface area contributed by atoms with Crippen LogP contribution >= 0.6 is 12.6 Å². The van der Waals surface area contributed by atoms with Crippen molar-refractivity contribution < 1.29 is 42.7 Å². The van der Waals surface area contributed by atoms with E-state index in [1.165, 1.54) is 79.2 Å². The Morgan fingerprint density at radius 1 is 0.773 bits per heavy atom. The first-order valence-corrected chi connectivity index (χ1v) is 24.5. The molecule has 1 aromatic heterocycles. The number of primary amides is 1. The molecule has 18 heteroatoms. The smallest absolute Gasteiger partial charge is 0.349 e. The second kappa shape index (κ2) is 32.9. The number of nitrogens with one attached hydrogen (secondary N) is 2. The first-order chi connectivity index (χ1) is 31.7. The Bertz CT molecular complexity index is 1860. The van der Waals surface area contributed by atoms with Gasteiger partial charge >= 0.3 is 5.63 Å². The number of fused-ring (bicyclic) bond motifs is 1. The van der Waals surface area contributed by atoms with Crippen molar-refractivity contribution in [3.05, 3.63) is 40.2 Å². The van der Waals surface area contributed by atoms with Crippen molar-refractivity contribution in [3.8, 4) is 0 Å². The van der Waals surface area contributed by atoms with Gasteiger partial charge in [0.05, 0.1) is 26.4 Å². The summed E-state index contributed by atoms with van der Waals surface area (Å²) in [6.07, 6.45) is 14.6. The number of amides is 6. The van der Waals surface area contributed by atoms with Crippen molar-refractivity contribution in [1.82, 2.24) is 25.3 Å². The summed E-state index contributed by atoms with van der Waals surface area (Å²) in [4.78, 5) is 95.2. The van der Waals surface area contributed by atoms with Gasteiger partial charge in [-0.2, -0.15) is 12.6 Å². The molecule has 4 N–H and O–H groups in total. The molecule has 0 radical (unpaired) electrons. The number of rotatable bonds is 36. The van der Waals surface area contributed by atoms with E-state index in [9.17, 15) is 33.6 Å². The lowest BCUT2D eigenvalue weighted by Gasteiger charge is -2.31. The standard InChI is InChI=1S/C48H79N7O10S/c1-7-10-11-12-13-14-15-16-17-18-19-23-43(57)53(5)33-44(58)54(6)40(35-66)47(61)52(4)27-28-63-29-30-64-34-42(56)51-39(45(49)59)22-20-21-26-50-46(60)38-31-36-24-25-37(55(8-2)9-3)32-41(36)65-48(38)62/h24-25,31-32,39-40,66H,7-23,26-30,33-35H2,1-6H3,(H2,49,59)(H,50,60)(H,51,56)/t39-,40-/m0/s1. The summed E-state index contributed by atoms with van der Waals surface area (Å²) in [6.45, 7) is 8.24. The van der Waals surface area contributed by atoms with Gasteiger partial charge in [-0.05, 0) is 57.7 Å². The molecule has 0 bridgehead atoms. The fourth-order valence-corrected chi connectivity index (χ4v) is 7.76. The van der Waals surface area contributed by atoms with Gasteiger partial charge in [0.2, 0.25) is 29.5 Å². The molecule has 0 fully saturated rings. The minimum Gasteiger partial charge on any atom is -0.422 e. The number of nitrogens with two attached hydrogens (primary N) is 1. The van der Waals surface area contributed by atoms with E-state index < -0.39 is 35.4 Å². The number of unbranched alkanes of at least 4 members (excludes halogenated alkanes) is 11. The van der Waals surface area contributed by atoms with Crippen molar-refractivity contribution in [3.63, 3.8) is 0 Å². The highest BCUT2D eigenvalue weighted by Crippen LogP contribution is 2.22. The first kappa shape index (κ1) is 57.4. The van der Waals surface area contributed by atoms with Gasteiger partial charge in [0, 0.05) is 76.6 Å². The summed E-state index contributed by atoms with van der Waals surface area (Å²) in [7, 11) is 4.74. The normalized spacial score (nSPS) is 12.0. The van der Waals surface area contributed by atoms with Crippen LogP contribution in [-0.2, 0) is 33.4 Å². The molecule has 2 rings (SSSR count). The van der Waals surface area contributed by atoms with Crippen LogP contribution in [0.1, 0.15) is 127 Å². The van der Waals surface area contributed by atoms with E-state index >= 15 is 0 Å². The largest absolute Gasteiger partial charge is 0.422 e. The van der Waals surface area contributed by atoms with E-state index in [0.717, 1.165) is 38.0 Å². The highest BCUT2D eigenvalue weighted by molar-refractivity contribution is 7.80. The van der Waals surface area contributed by atoms with Gasteiger partial charge in [0.15, 0.2) is 0 Å². The minimum atomic E-state index is -0.947. The van der Waals surface area contributed by atoms with E-state index in [1.807, 2.05) is 26.0 Å². The number of hydrogen-bond acceptors (Lipinski definition) is 12. The summed E-state index contributed by atoms with van der Waals surface area (Å²) in [5.74, 6) is -2.50. The third kappa shape index (κ3) is 21.3. The van der Waals surface area contributed by atoms with Crippen molar-refractivity contribution in [2.24, 2.45) is 5.73 Å². The van der Waals surface area contributed by atoms with E-state index in [1.54, 1.807) is 20.2 Å². The van der Waals surface area contributed by atoms with Crippen LogP contribution in [0, 0.1) is 0 Å². The number of benzene rings is 1. The molecule has 0 aliphatic heterocycles. The Morgan fingerprint density at radius 3 is 2.03 bits per heavy atom. The van der Waals surface area contributed by atoms with Gasteiger partial charge in [0.25, 0.3) is 5.91 Å². The Labute approximate surface area is 397 Å². The molecule has 0 aliphatic carbocycles. The highest BCUT2D eigenvalue weighted by atomic mass is 32.1. The van der Waals surface area contributed by atoms with Gasteiger partial charge in [-0.1, -0.05) is 71.1 Å². The van der Waals surface area contributed by atoms with Crippen LogP contribution in [0.25, 0.3) is 11.0 Å². The number of carbonyl (C=O) groups is 6. The van der Waals surface area contributed by atoms with Crippen molar-refractivity contribution >= 4 is 64.7 Å². The second-order valence-electron chi connectivity index (χ2n) is 16.8. The van der Waals surface area contributed by atoms with Gasteiger partial charge in [-0.3, -0.25) is 28.8 Å². The molecule has 17 nitrogen and oxygen atoms in total. The number of ether oxygens (including phenoxy) is 2. The van der Waals surface area contributed by atoms with Crippen LogP contribution in [0.3, 0.4) is 0 Å². The van der Waals surface area contributed by atoms with Crippen LogP contribution < -0.4 is 26.9 Å². The Kier molecular flexibility index (Phi) is 28.6. The first-order valence-electron chi connectivity index (χ1n) is 23.9. The predicted molar refractivity (Wildman–Crippen MR) is 262 cm³/mol. The molecule has 0 spiro atoms. The summed E-state index contributed by atoms with van der Waals surface area (Å²) >= 11 is 4.33. The predicted octanol–water partition coefficient (Wildman–Crippen LogP) is 4.92. The monoisotopic (exact) mass is 946 g/mol. The van der Waals surface area contributed by atoms with E-state index in [4.69, 9.17) is 19.6 Å². The quantitative estimate of drug-likeness (QED) is 0.0409. The molecule has 0 saturated carbocycles. The molecular formula is C48H79N7O10S. The van der Waals surface area contributed by atoms with Crippen molar-refractivity contribution in [1.29, 1.82) is 0 Å². The maximum atomic E-state index is 13.2. The lowest BCUT2D eigenvalue weighted by molar-refractivity contribution is -0.145. The van der Waals surface area contributed by atoms with Crippen LogP contribution in [0.5, 0.6) is 0 Å². The van der Waals surface area contributed by atoms with E-state index in [0.29, 0.717) is 30.2 Å². The molecule has 0 saturated heterocycles. The number of thiol groups is 1. The number of nitrogens with zero attached hydrogens (tertiary/aromatic N) is 4. The van der Waals surface area contributed by atoms with Gasteiger partial charge < -0.3 is 49.9 Å². The molecule has 0 aliphatic rings. The lowest BCUT2D eigenvalue weighted by atomic mass is 10.1. The summed E-state index contributed by atoms with van der Waals surface area (Å²) in [6, 6.07) is 5.25. The Balaban J connectivity index is 1.61. The number of anilines is 1. The number of carbonyl (C=O) groups excluding carboxylic acids is 6. The van der Waals surface area contributed by atoms with Crippen molar-refractivity contribution in [2.75, 3.05) is 90.9 Å². The zero-order valence-corrected chi connectivity index (χ0v) is 41.4. The maximum Gasteiger partial charge on any atom is 0.349 e. The summed E-state index contributed by atoms with van der Waals surface area (Å²) < 4.78 is 16.4. The third-order valence-electron chi connectivity index (χ3n) is 11.6. The average Bonchev–Trinajstić information content (AvgIpc) is 3.29. The van der Waals surface area contributed by atoms with Crippen LogP contribution in [0.15, 0.2) is 33.5 Å². The van der Waals surface area contributed by atoms with Crippen molar-refractivity contribution in [2.45, 2.75) is 129 Å². The van der Waals surface area contributed by atoms with E-state index in [2.05, 4.69) is 35.1 Å². The summed E-state index contributed by atoms with van der Waals surface area (Å²) in [5.41, 5.74) is 5.98. The fourth-order valence-electron chi connectivity index (χ4n) is 7.36. The SMILES string of the molecule is CCCCCCCCCCCCCC(=O)N(C)CC(=O)N(C)[C@@H](CS)C(=O)N(C)CCOCCOCC(=O)N[C@@H](CCCCNC(=O)c1cc2ccc(N(CC)CC)cc2oc1=O)C(N)=O. The Morgan fingerprint density at radius 2 is 1.41 bits per heavy atom. The zero-order valence-electron chi connectivity index (χ0n) is 40.5. The molecular weight excluding hydrogens is 867 g/mol. The van der Waals surface area contributed by atoms with Gasteiger partial charge in [-0.15, -0.1) is 0 Å². The minimum absolute atomic E-state index is 0.0704. The molecule has 2 atom stereocenters. The average molecular weight is 946 g/mol. The molecule has 66 heavy (non-hydrogen) atoms. The highest BCUT2D eigenvalue weighted by Gasteiger charge is 2.29. The fraction of sp³-hybridized carbons (Fsp3) is 0.688. The molecule has 6 amide bonds. The van der Waals surface area contributed by atoms with Crippen LogP contribution in [0.2, 0.25) is 0 Å². The van der Waals surface area contributed by atoms with Gasteiger partial charge in [0.1, 0.15) is 29.8 Å². The molecule has 1 heterocycles. The lowest BCUT2D eigenvalue weighted by Crippen LogP contribution is -2.52. The third-order valence-corrected chi connectivity index (χ3v) is 12.0. The summed E-state index contributed by atoms with van der Waals surface area (Å²) in [5, 5.41) is 5.90. The van der Waals surface area contributed by atoms with E-state index in [-0.39, 0.29) is 81.5 Å². The molecule has 2 aromatic rings. The van der Waals surface area contributed by atoms with Gasteiger partial charge in [-0.25, -0.2) is 4.79 Å².